The second-order valence-corrected chi connectivity index (χ2v) is 3.41. The van der Waals surface area contributed by atoms with E-state index in [1.54, 1.807) is 0 Å². The van der Waals surface area contributed by atoms with Gasteiger partial charge in [0.25, 0.3) is 0 Å². The van der Waals surface area contributed by atoms with Crippen molar-refractivity contribution < 1.29 is 20.1 Å². The Labute approximate surface area is 70.8 Å². The number of rotatable bonds is 3. The fourth-order valence-electron chi connectivity index (χ4n) is 1.65. The summed E-state index contributed by atoms with van der Waals surface area (Å²) in [5, 5.41) is 27.4. The zero-order valence-electron chi connectivity index (χ0n) is 6.86. The first-order valence-electron chi connectivity index (χ1n) is 4.17. The molecule has 12 heavy (non-hydrogen) atoms. The van der Waals surface area contributed by atoms with E-state index in [-0.39, 0.29) is 12.8 Å². The number of carboxylic acid groups (broad SMARTS) is 1. The Hall–Kier alpha value is -0.610. The molecule has 0 aromatic heterocycles. The molecule has 70 valence electrons. The summed E-state index contributed by atoms with van der Waals surface area (Å²) in [6.45, 7) is 0. The summed E-state index contributed by atoms with van der Waals surface area (Å²) < 4.78 is 0. The highest BCUT2D eigenvalue weighted by Crippen LogP contribution is 2.33. The van der Waals surface area contributed by atoms with Crippen LogP contribution in [0.3, 0.4) is 0 Å². The average molecular weight is 174 g/mol. The van der Waals surface area contributed by atoms with Crippen molar-refractivity contribution in [2.24, 2.45) is 0 Å². The van der Waals surface area contributed by atoms with Crippen LogP contribution in [0.4, 0.5) is 0 Å². The highest BCUT2D eigenvalue weighted by molar-refractivity contribution is 5.66. The fraction of sp³-hybridized carbons (Fsp3) is 0.875. The van der Waals surface area contributed by atoms with Gasteiger partial charge in [-0.3, -0.25) is 4.79 Å². The second-order valence-electron chi connectivity index (χ2n) is 3.41. The number of hydrogen-bond donors (Lipinski definition) is 3. The van der Waals surface area contributed by atoms with Crippen molar-refractivity contribution in [2.45, 2.75) is 43.8 Å². The Balaban J connectivity index is 2.42. The quantitative estimate of drug-likeness (QED) is 0.568. The minimum atomic E-state index is -1.14. The van der Waals surface area contributed by atoms with Crippen LogP contribution in [0.25, 0.3) is 0 Å². The maximum atomic E-state index is 10.2. The summed E-state index contributed by atoms with van der Waals surface area (Å²) in [5.41, 5.74) is -1.14. The van der Waals surface area contributed by atoms with Crippen LogP contribution in [0.15, 0.2) is 0 Å². The number of carbonyl (C=O) groups is 1. The topological polar surface area (TPSA) is 77.8 Å². The molecule has 2 atom stereocenters. The minimum absolute atomic E-state index is 0.0758. The minimum Gasteiger partial charge on any atom is -0.481 e. The van der Waals surface area contributed by atoms with Crippen LogP contribution in [-0.4, -0.2) is 33.0 Å². The van der Waals surface area contributed by atoms with Gasteiger partial charge in [0.2, 0.25) is 0 Å². The van der Waals surface area contributed by atoms with Crippen LogP contribution in [0, 0.1) is 0 Å². The molecule has 1 aliphatic rings. The van der Waals surface area contributed by atoms with Gasteiger partial charge in [-0.15, -0.1) is 0 Å². The molecule has 0 bridgehead atoms. The number of hydrogen-bond acceptors (Lipinski definition) is 3. The summed E-state index contributed by atoms with van der Waals surface area (Å²) in [5.74, 6) is -0.928. The molecule has 4 heteroatoms. The highest BCUT2D eigenvalue weighted by atomic mass is 16.4. The Bertz CT molecular complexity index is 180. The molecular formula is C8H14O4. The van der Waals surface area contributed by atoms with Crippen LogP contribution >= 0.6 is 0 Å². The van der Waals surface area contributed by atoms with Crippen LogP contribution in [0.1, 0.15) is 32.1 Å². The molecule has 0 amide bonds. The predicted molar refractivity (Wildman–Crippen MR) is 41.7 cm³/mol. The van der Waals surface area contributed by atoms with E-state index in [0.29, 0.717) is 12.8 Å². The summed E-state index contributed by atoms with van der Waals surface area (Å²) in [4.78, 5) is 10.2. The molecule has 0 aliphatic heterocycles. The maximum absolute atomic E-state index is 10.2. The van der Waals surface area contributed by atoms with Crippen LogP contribution < -0.4 is 0 Å². The Morgan fingerprint density at radius 2 is 2.25 bits per heavy atom. The van der Waals surface area contributed by atoms with Crippen molar-refractivity contribution in [1.82, 2.24) is 0 Å². The Kier molecular flexibility index (Phi) is 2.69. The molecule has 1 saturated carbocycles. The van der Waals surface area contributed by atoms with Gasteiger partial charge in [0.05, 0.1) is 11.7 Å². The first kappa shape index (κ1) is 9.48. The monoisotopic (exact) mass is 174 g/mol. The molecule has 0 saturated heterocycles. The summed E-state index contributed by atoms with van der Waals surface area (Å²) in [6, 6.07) is 0. The zero-order valence-corrected chi connectivity index (χ0v) is 6.86. The lowest BCUT2D eigenvalue weighted by molar-refractivity contribution is -0.139. The van der Waals surface area contributed by atoms with Crippen LogP contribution in [-0.2, 0) is 4.79 Å². The standard InChI is InChI=1S/C8H14O4/c9-6-2-1-4-8(6,12)5-3-7(10)11/h6,9,12H,1-5H2,(H,10,11). The molecule has 0 heterocycles. The van der Waals surface area contributed by atoms with Gasteiger partial charge in [-0.1, -0.05) is 0 Å². The van der Waals surface area contributed by atoms with Gasteiger partial charge >= 0.3 is 5.97 Å². The molecule has 0 spiro atoms. The molecule has 1 aliphatic carbocycles. The molecule has 0 radical (unpaired) electrons. The lowest BCUT2D eigenvalue weighted by Gasteiger charge is -2.25. The van der Waals surface area contributed by atoms with E-state index in [2.05, 4.69) is 0 Å². The number of aliphatic carboxylic acids is 1. The third-order valence-electron chi connectivity index (χ3n) is 2.48. The van der Waals surface area contributed by atoms with Gasteiger partial charge in [0.15, 0.2) is 0 Å². The first-order chi connectivity index (χ1) is 5.54. The van der Waals surface area contributed by atoms with E-state index >= 15 is 0 Å². The smallest absolute Gasteiger partial charge is 0.303 e. The Morgan fingerprint density at radius 1 is 1.58 bits per heavy atom. The largest absolute Gasteiger partial charge is 0.481 e. The lowest BCUT2D eigenvalue weighted by Crippen LogP contribution is -2.37. The lowest BCUT2D eigenvalue weighted by atomic mass is 9.94. The van der Waals surface area contributed by atoms with Gasteiger partial charge in [-0.2, -0.15) is 0 Å². The Morgan fingerprint density at radius 3 is 2.67 bits per heavy atom. The van der Waals surface area contributed by atoms with Gasteiger partial charge < -0.3 is 15.3 Å². The molecule has 1 rings (SSSR count). The van der Waals surface area contributed by atoms with E-state index in [0.717, 1.165) is 6.42 Å². The van der Waals surface area contributed by atoms with E-state index < -0.39 is 17.7 Å². The van der Waals surface area contributed by atoms with E-state index in [4.69, 9.17) is 5.11 Å². The third-order valence-corrected chi connectivity index (χ3v) is 2.48. The SMILES string of the molecule is O=C(O)CCC1(O)CCCC1O. The van der Waals surface area contributed by atoms with Crippen molar-refractivity contribution in [2.75, 3.05) is 0 Å². The molecule has 4 nitrogen and oxygen atoms in total. The normalized spacial score (nSPS) is 35.3. The van der Waals surface area contributed by atoms with Crippen molar-refractivity contribution in [3.8, 4) is 0 Å². The van der Waals surface area contributed by atoms with Gasteiger partial charge in [-0.25, -0.2) is 0 Å². The summed E-state index contributed by atoms with van der Waals surface area (Å²) in [6.07, 6.45) is 1.21. The molecular weight excluding hydrogens is 160 g/mol. The summed E-state index contributed by atoms with van der Waals surface area (Å²) in [7, 11) is 0. The first-order valence-corrected chi connectivity index (χ1v) is 4.17. The number of aliphatic hydroxyl groups is 2. The van der Waals surface area contributed by atoms with Crippen molar-refractivity contribution in [1.29, 1.82) is 0 Å². The third kappa shape index (κ3) is 1.95. The predicted octanol–water partition coefficient (Wildman–Crippen LogP) is 0.127. The molecule has 0 aromatic rings. The van der Waals surface area contributed by atoms with Gasteiger partial charge in [0, 0.05) is 6.42 Å². The van der Waals surface area contributed by atoms with E-state index in [1.165, 1.54) is 0 Å². The van der Waals surface area contributed by atoms with Crippen molar-refractivity contribution in [3.63, 3.8) is 0 Å². The maximum Gasteiger partial charge on any atom is 0.303 e. The molecule has 2 unspecified atom stereocenters. The van der Waals surface area contributed by atoms with E-state index in [1.807, 2.05) is 0 Å². The van der Waals surface area contributed by atoms with Gasteiger partial charge in [0.1, 0.15) is 0 Å². The molecule has 3 N–H and O–H groups in total. The summed E-state index contributed by atoms with van der Waals surface area (Å²) >= 11 is 0. The van der Waals surface area contributed by atoms with Gasteiger partial charge in [-0.05, 0) is 25.7 Å². The average Bonchev–Trinajstić information content (AvgIpc) is 2.30. The van der Waals surface area contributed by atoms with Crippen molar-refractivity contribution in [3.05, 3.63) is 0 Å². The number of aliphatic hydroxyl groups excluding tert-OH is 1. The fourth-order valence-corrected chi connectivity index (χ4v) is 1.65. The van der Waals surface area contributed by atoms with Crippen molar-refractivity contribution >= 4 is 5.97 Å². The van der Waals surface area contributed by atoms with E-state index in [9.17, 15) is 15.0 Å². The number of carboxylic acids is 1. The molecule has 1 fully saturated rings. The second kappa shape index (κ2) is 3.41. The molecule has 0 aromatic carbocycles. The zero-order chi connectivity index (χ0) is 9.19. The highest BCUT2D eigenvalue weighted by Gasteiger charge is 2.39. The van der Waals surface area contributed by atoms with Crippen LogP contribution in [0.5, 0.6) is 0 Å². The van der Waals surface area contributed by atoms with Crippen LogP contribution in [0.2, 0.25) is 0 Å².